The maximum atomic E-state index is 14.4. The van der Waals surface area contributed by atoms with E-state index in [4.69, 9.17) is 5.73 Å². The number of hydrogen-bond acceptors (Lipinski definition) is 4. The molecule has 2 aromatic rings. The molecule has 144 valence electrons. The standard InChI is InChI=1S/C18H17F3N2O3S/c1-9-6-14(18(22)24)23-7-11(9)17(27(25,26)8-10-2-3-10)15-12(19)4-5-13(20)16(15)21/h4-7,10,17H,2-3,8H2,1H3,(H2,22,24). The summed E-state index contributed by atoms with van der Waals surface area (Å²) >= 11 is 0. The van der Waals surface area contributed by atoms with Gasteiger partial charge in [-0.1, -0.05) is 0 Å². The summed E-state index contributed by atoms with van der Waals surface area (Å²) in [7, 11) is -4.09. The van der Waals surface area contributed by atoms with E-state index in [9.17, 15) is 26.4 Å². The summed E-state index contributed by atoms with van der Waals surface area (Å²) in [4.78, 5) is 15.1. The molecule has 2 N–H and O–H groups in total. The van der Waals surface area contributed by atoms with Crippen molar-refractivity contribution in [3.05, 3.63) is 64.2 Å². The fourth-order valence-electron chi connectivity index (χ4n) is 3.00. The normalized spacial score (nSPS) is 15.6. The molecule has 1 aromatic carbocycles. The number of sulfone groups is 1. The summed E-state index contributed by atoms with van der Waals surface area (Å²) in [5, 5.41) is -1.77. The molecular formula is C18H17F3N2O3S. The summed E-state index contributed by atoms with van der Waals surface area (Å²) in [5.41, 5.74) is 4.39. The molecule has 1 saturated carbocycles. The molecule has 3 rings (SSSR count). The Morgan fingerprint density at radius 3 is 2.44 bits per heavy atom. The highest BCUT2D eigenvalue weighted by Gasteiger charge is 2.39. The second kappa shape index (κ2) is 6.95. The predicted octanol–water partition coefficient (Wildman–Crippen LogP) is 2.82. The lowest BCUT2D eigenvalue weighted by molar-refractivity contribution is 0.0995. The van der Waals surface area contributed by atoms with Crippen molar-refractivity contribution in [2.75, 3.05) is 5.75 Å². The number of pyridine rings is 1. The fourth-order valence-corrected chi connectivity index (χ4v) is 5.39. The highest BCUT2D eigenvalue weighted by atomic mass is 32.2. The van der Waals surface area contributed by atoms with Crippen molar-refractivity contribution < 1.29 is 26.4 Å². The van der Waals surface area contributed by atoms with Crippen LogP contribution in [-0.4, -0.2) is 25.1 Å². The molecule has 0 radical (unpaired) electrons. The Hall–Kier alpha value is -2.42. The van der Waals surface area contributed by atoms with Crippen LogP contribution in [0.1, 0.15) is 45.3 Å². The van der Waals surface area contributed by atoms with Crippen LogP contribution in [0, 0.1) is 30.3 Å². The molecule has 1 amide bonds. The van der Waals surface area contributed by atoms with E-state index in [1.54, 1.807) is 0 Å². The molecule has 0 bridgehead atoms. The highest BCUT2D eigenvalue weighted by molar-refractivity contribution is 7.91. The van der Waals surface area contributed by atoms with Crippen LogP contribution in [0.15, 0.2) is 24.4 Å². The Morgan fingerprint density at radius 1 is 1.26 bits per heavy atom. The van der Waals surface area contributed by atoms with Crippen molar-refractivity contribution in [3.8, 4) is 0 Å². The van der Waals surface area contributed by atoms with Gasteiger partial charge >= 0.3 is 0 Å². The zero-order chi connectivity index (χ0) is 19.9. The minimum Gasteiger partial charge on any atom is -0.364 e. The quantitative estimate of drug-likeness (QED) is 0.758. The first-order chi connectivity index (χ1) is 12.6. The van der Waals surface area contributed by atoms with Crippen molar-refractivity contribution in [1.29, 1.82) is 0 Å². The minimum atomic E-state index is -4.09. The van der Waals surface area contributed by atoms with E-state index in [2.05, 4.69) is 4.98 Å². The Balaban J connectivity index is 2.23. The number of carbonyl (C=O) groups is 1. The number of carbonyl (C=O) groups excluding carboxylic acids is 1. The van der Waals surface area contributed by atoms with Gasteiger partial charge in [0.2, 0.25) is 0 Å². The maximum Gasteiger partial charge on any atom is 0.267 e. The van der Waals surface area contributed by atoms with Gasteiger partial charge in [-0.25, -0.2) is 21.6 Å². The molecule has 5 nitrogen and oxygen atoms in total. The van der Waals surface area contributed by atoms with Gasteiger partial charge in [0, 0.05) is 11.8 Å². The number of nitrogens with two attached hydrogens (primary N) is 1. The Morgan fingerprint density at radius 2 is 1.89 bits per heavy atom. The third-order valence-corrected chi connectivity index (χ3v) is 6.70. The molecule has 1 aliphatic rings. The number of primary amides is 1. The van der Waals surface area contributed by atoms with Crippen LogP contribution in [0.2, 0.25) is 0 Å². The van der Waals surface area contributed by atoms with Gasteiger partial charge in [0.25, 0.3) is 5.91 Å². The van der Waals surface area contributed by atoms with Gasteiger partial charge in [-0.3, -0.25) is 9.78 Å². The van der Waals surface area contributed by atoms with Gasteiger partial charge in [0.1, 0.15) is 16.8 Å². The van der Waals surface area contributed by atoms with E-state index < -0.39 is 44.0 Å². The van der Waals surface area contributed by atoms with Crippen LogP contribution < -0.4 is 5.73 Å². The largest absolute Gasteiger partial charge is 0.364 e. The topological polar surface area (TPSA) is 90.1 Å². The Kier molecular flexibility index (Phi) is 4.98. The first-order valence-electron chi connectivity index (χ1n) is 8.23. The second-order valence-corrected chi connectivity index (χ2v) is 8.83. The van der Waals surface area contributed by atoms with E-state index in [1.807, 2.05) is 0 Å². The van der Waals surface area contributed by atoms with E-state index in [-0.39, 0.29) is 28.5 Å². The van der Waals surface area contributed by atoms with Crippen molar-refractivity contribution in [2.45, 2.75) is 25.0 Å². The maximum absolute atomic E-state index is 14.4. The minimum absolute atomic E-state index is 0.0240. The summed E-state index contributed by atoms with van der Waals surface area (Å²) in [5.74, 6) is -5.27. The molecule has 0 aliphatic heterocycles. The van der Waals surface area contributed by atoms with Gasteiger partial charge in [0.15, 0.2) is 21.5 Å². The zero-order valence-corrected chi connectivity index (χ0v) is 15.2. The summed E-state index contributed by atoms with van der Waals surface area (Å²) in [6, 6.07) is 2.53. The molecule has 1 aliphatic carbocycles. The summed E-state index contributed by atoms with van der Waals surface area (Å²) in [6.07, 6.45) is 2.46. The number of aromatic nitrogens is 1. The highest BCUT2D eigenvalue weighted by Crippen LogP contribution is 2.40. The first-order valence-corrected chi connectivity index (χ1v) is 9.94. The second-order valence-electron chi connectivity index (χ2n) is 6.70. The van der Waals surface area contributed by atoms with Crippen molar-refractivity contribution >= 4 is 15.7 Å². The van der Waals surface area contributed by atoms with Gasteiger partial charge in [0.05, 0.1) is 5.75 Å². The van der Waals surface area contributed by atoms with Crippen molar-refractivity contribution in [1.82, 2.24) is 4.98 Å². The van der Waals surface area contributed by atoms with Gasteiger partial charge < -0.3 is 5.73 Å². The molecule has 1 fully saturated rings. The lowest BCUT2D eigenvalue weighted by atomic mass is 10.00. The monoisotopic (exact) mass is 398 g/mol. The lowest BCUT2D eigenvalue weighted by Gasteiger charge is -2.21. The Labute approximate surface area is 154 Å². The van der Waals surface area contributed by atoms with Crippen LogP contribution in [0.5, 0.6) is 0 Å². The van der Waals surface area contributed by atoms with Crippen molar-refractivity contribution in [2.24, 2.45) is 11.7 Å². The number of nitrogens with zero attached hydrogens (tertiary/aromatic N) is 1. The molecule has 9 heteroatoms. The number of amides is 1. The van der Waals surface area contributed by atoms with Crippen molar-refractivity contribution in [3.63, 3.8) is 0 Å². The molecule has 1 aromatic heterocycles. The molecule has 0 saturated heterocycles. The molecule has 27 heavy (non-hydrogen) atoms. The fraction of sp³-hybridized carbons (Fsp3) is 0.333. The van der Waals surface area contributed by atoms with E-state index in [0.29, 0.717) is 25.0 Å². The number of benzene rings is 1. The van der Waals surface area contributed by atoms with Crippen LogP contribution in [0.3, 0.4) is 0 Å². The number of hydrogen-bond donors (Lipinski definition) is 1. The SMILES string of the molecule is Cc1cc(C(N)=O)ncc1C(c1c(F)ccc(F)c1F)S(=O)(=O)CC1CC1. The molecular weight excluding hydrogens is 381 g/mol. The summed E-state index contributed by atoms with van der Waals surface area (Å²) in [6.45, 7) is 1.47. The average molecular weight is 398 g/mol. The molecule has 1 heterocycles. The lowest BCUT2D eigenvalue weighted by Crippen LogP contribution is -2.23. The average Bonchev–Trinajstić information content (AvgIpc) is 3.38. The van der Waals surface area contributed by atoms with E-state index >= 15 is 0 Å². The number of aryl methyl sites for hydroxylation is 1. The zero-order valence-electron chi connectivity index (χ0n) is 14.4. The summed E-state index contributed by atoms with van der Waals surface area (Å²) < 4.78 is 68.6. The third-order valence-electron chi connectivity index (χ3n) is 4.55. The molecule has 1 atom stereocenters. The van der Waals surface area contributed by atoms with Gasteiger partial charge in [-0.05, 0) is 55.0 Å². The molecule has 0 spiro atoms. The smallest absolute Gasteiger partial charge is 0.267 e. The van der Waals surface area contributed by atoms with Gasteiger partial charge in [-0.2, -0.15) is 0 Å². The van der Waals surface area contributed by atoms with E-state index in [1.165, 1.54) is 13.0 Å². The van der Waals surface area contributed by atoms with Crippen LogP contribution in [0.25, 0.3) is 0 Å². The Bertz CT molecular complexity index is 1020. The first kappa shape index (κ1) is 19.3. The van der Waals surface area contributed by atoms with Crippen LogP contribution in [0.4, 0.5) is 13.2 Å². The third kappa shape index (κ3) is 3.83. The molecule has 1 unspecified atom stereocenters. The number of halogens is 3. The number of rotatable bonds is 6. The van der Waals surface area contributed by atoms with Crippen LogP contribution in [-0.2, 0) is 9.84 Å². The van der Waals surface area contributed by atoms with Crippen LogP contribution >= 0.6 is 0 Å². The van der Waals surface area contributed by atoms with E-state index in [0.717, 1.165) is 6.20 Å². The predicted molar refractivity (Wildman–Crippen MR) is 92.2 cm³/mol. The van der Waals surface area contributed by atoms with Gasteiger partial charge in [-0.15, -0.1) is 0 Å².